The molecule has 0 spiro atoms. The van der Waals surface area contributed by atoms with Crippen molar-refractivity contribution in [2.75, 3.05) is 0 Å². The van der Waals surface area contributed by atoms with Crippen LogP contribution in [-0.2, 0) is 12.8 Å². The fraction of sp³-hybridized carbons (Fsp3) is 0.387. The maximum absolute atomic E-state index is 5.30. The number of rotatable bonds is 4. The Morgan fingerprint density at radius 1 is 0.543 bits per heavy atom. The lowest BCUT2D eigenvalue weighted by Crippen LogP contribution is -1.89. The highest BCUT2D eigenvalue weighted by Gasteiger charge is 2.22. The molecule has 0 fully saturated rings. The number of aromatic amines is 3. The summed E-state index contributed by atoms with van der Waals surface area (Å²) in [4.78, 5) is 16.6. The Morgan fingerprint density at radius 3 is 1.51 bits per heavy atom. The first-order valence-corrected chi connectivity index (χ1v) is 13.2. The van der Waals surface area contributed by atoms with Crippen molar-refractivity contribution in [2.24, 2.45) is 0 Å². The third-order valence-corrected chi connectivity index (χ3v) is 8.23. The molecule has 4 aromatic rings. The van der Waals surface area contributed by atoms with E-state index in [0.717, 1.165) is 53.6 Å². The van der Waals surface area contributed by atoms with Crippen LogP contribution in [0.3, 0.4) is 0 Å². The lowest BCUT2D eigenvalue weighted by atomic mass is 9.98. The number of nitrogens with zero attached hydrogens (tertiary/aromatic N) is 1. The van der Waals surface area contributed by atoms with E-state index in [-0.39, 0.29) is 0 Å². The molecule has 4 aromatic heterocycles. The second-order valence-corrected chi connectivity index (χ2v) is 9.93. The topological polar surface area (TPSA) is 60.3 Å². The van der Waals surface area contributed by atoms with Gasteiger partial charge in [-0.2, -0.15) is 0 Å². The molecule has 35 heavy (non-hydrogen) atoms. The van der Waals surface area contributed by atoms with Crippen molar-refractivity contribution >= 4 is 44.2 Å². The molecule has 4 heteroatoms. The van der Waals surface area contributed by atoms with E-state index in [4.69, 9.17) is 4.98 Å². The van der Waals surface area contributed by atoms with Gasteiger partial charge in [0.05, 0.1) is 16.9 Å². The number of allylic oxidation sites excluding steroid dienone is 2. The lowest BCUT2D eigenvalue weighted by Gasteiger charge is -2.04. The van der Waals surface area contributed by atoms with Gasteiger partial charge in [0.25, 0.3) is 0 Å². The predicted molar refractivity (Wildman–Crippen MR) is 151 cm³/mol. The van der Waals surface area contributed by atoms with Gasteiger partial charge in [-0.3, -0.25) is 0 Å². The van der Waals surface area contributed by atoms with Gasteiger partial charge in [-0.15, -0.1) is 0 Å². The molecule has 4 nitrogen and oxygen atoms in total. The van der Waals surface area contributed by atoms with Crippen molar-refractivity contribution in [1.29, 1.82) is 0 Å². The van der Waals surface area contributed by atoms with Crippen LogP contribution in [0.15, 0.2) is 18.2 Å². The molecule has 1 aliphatic heterocycles. The SMILES string of the molecule is CCC1=C(CC)c2nc1cc1[nH]c(cc3[nH]c(cc4[nH]c2c(CC)c4CC)c(C)c3C)c(C)c1C. The second-order valence-electron chi connectivity index (χ2n) is 9.93. The smallest absolute Gasteiger partial charge is 0.0910 e. The van der Waals surface area contributed by atoms with Crippen molar-refractivity contribution < 1.29 is 0 Å². The number of fused-ring (bicyclic) bond motifs is 9. The molecular weight excluding hydrogens is 428 g/mol. The molecule has 8 bridgehead atoms. The van der Waals surface area contributed by atoms with Gasteiger partial charge in [0.2, 0.25) is 0 Å². The largest absolute Gasteiger partial charge is 0.355 e. The summed E-state index contributed by atoms with van der Waals surface area (Å²) in [6.45, 7) is 17.9. The fourth-order valence-corrected chi connectivity index (χ4v) is 5.85. The van der Waals surface area contributed by atoms with Crippen LogP contribution >= 0.6 is 0 Å². The van der Waals surface area contributed by atoms with Crippen LogP contribution in [0.5, 0.6) is 0 Å². The number of hydrogen-bond acceptors (Lipinski definition) is 1. The first-order valence-electron chi connectivity index (χ1n) is 13.2. The molecular formula is C31H38N4. The Bertz CT molecular complexity index is 1620. The van der Waals surface area contributed by atoms with E-state index < -0.39 is 0 Å². The van der Waals surface area contributed by atoms with Gasteiger partial charge in [0.15, 0.2) is 0 Å². The minimum Gasteiger partial charge on any atom is -0.355 e. The first-order chi connectivity index (χ1) is 16.8. The summed E-state index contributed by atoms with van der Waals surface area (Å²) in [6, 6.07) is 6.84. The van der Waals surface area contributed by atoms with Crippen LogP contribution in [0.4, 0.5) is 0 Å². The number of nitrogens with one attached hydrogen (secondary N) is 3. The summed E-state index contributed by atoms with van der Waals surface area (Å²) in [5, 5.41) is 0. The van der Waals surface area contributed by atoms with E-state index in [9.17, 15) is 0 Å². The summed E-state index contributed by atoms with van der Waals surface area (Å²) in [5.41, 5.74) is 20.0. The molecule has 0 aliphatic carbocycles. The van der Waals surface area contributed by atoms with E-state index in [1.165, 1.54) is 61.1 Å². The maximum Gasteiger partial charge on any atom is 0.0910 e. The first kappa shape index (κ1) is 23.5. The van der Waals surface area contributed by atoms with Gasteiger partial charge in [0.1, 0.15) is 0 Å². The summed E-state index contributed by atoms with van der Waals surface area (Å²) in [7, 11) is 0. The van der Waals surface area contributed by atoms with Crippen molar-refractivity contribution in [1.82, 2.24) is 19.9 Å². The molecule has 1 aliphatic rings. The van der Waals surface area contributed by atoms with Crippen molar-refractivity contribution in [2.45, 2.75) is 81.1 Å². The van der Waals surface area contributed by atoms with Gasteiger partial charge < -0.3 is 15.0 Å². The number of H-pyrrole nitrogens is 3. The van der Waals surface area contributed by atoms with E-state index in [2.05, 4.69) is 88.5 Å². The minimum atomic E-state index is 0.974. The van der Waals surface area contributed by atoms with Gasteiger partial charge >= 0.3 is 0 Å². The molecule has 0 radical (unpaired) electrons. The molecule has 5 rings (SSSR count). The lowest BCUT2D eigenvalue weighted by molar-refractivity contribution is 1.07. The van der Waals surface area contributed by atoms with Crippen LogP contribution < -0.4 is 0 Å². The molecule has 182 valence electrons. The molecule has 0 atom stereocenters. The van der Waals surface area contributed by atoms with Gasteiger partial charge in [-0.1, -0.05) is 27.7 Å². The Kier molecular flexibility index (Phi) is 5.86. The number of aryl methyl sites for hydroxylation is 6. The average molecular weight is 467 g/mol. The monoisotopic (exact) mass is 466 g/mol. The zero-order valence-corrected chi connectivity index (χ0v) is 22.5. The van der Waals surface area contributed by atoms with Crippen LogP contribution in [-0.4, -0.2) is 19.9 Å². The zero-order chi connectivity index (χ0) is 25.0. The van der Waals surface area contributed by atoms with Crippen LogP contribution in [0, 0.1) is 27.7 Å². The summed E-state index contributed by atoms with van der Waals surface area (Å²) < 4.78 is 0. The average Bonchev–Trinajstić information content (AvgIpc) is 3.54. The highest BCUT2D eigenvalue weighted by Crippen LogP contribution is 2.38. The van der Waals surface area contributed by atoms with Crippen molar-refractivity contribution in [3.05, 3.63) is 63.0 Å². The van der Waals surface area contributed by atoms with Crippen LogP contribution in [0.25, 0.3) is 44.2 Å². The Labute approximate surface area is 208 Å². The third kappa shape index (κ3) is 3.53. The van der Waals surface area contributed by atoms with Gasteiger partial charge in [-0.05, 0) is 116 Å². The van der Waals surface area contributed by atoms with Crippen molar-refractivity contribution in [3.8, 4) is 0 Å². The summed E-state index contributed by atoms with van der Waals surface area (Å²) in [6.07, 6.45) is 3.93. The van der Waals surface area contributed by atoms with Gasteiger partial charge in [0, 0.05) is 27.6 Å². The van der Waals surface area contributed by atoms with Crippen LogP contribution in [0.1, 0.15) is 85.3 Å². The highest BCUT2D eigenvalue weighted by molar-refractivity contribution is 5.98. The van der Waals surface area contributed by atoms with Crippen molar-refractivity contribution in [3.63, 3.8) is 0 Å². The Balaban J connectivity index is 2.08. The summed E-state index contributed by atoms with van der Waals surface area (Å²) >= 11 is 0. The van der Waals surface area contributed by atoms with E-state index >= 15 is 0 Å². The highest BCUT2D eigenvalue weighted by atomic mass is 14.8. The fourth-order valence-electron chi connectivity index (χ4n) is 5.85. The Morgan fingerprint density at radius 2 is 1.03 bits per heavy atom. The van der Waals surface area contributed by atoms with E-state index in [0.29, 0.717) is 0 Å². The predicted octanol–water partition coefficient (Wildman–Crippen LogP) is 8.61. The second kappa shape index (κ2) is 8.75. The quantitative estimate of drug-likeness (QED) is 0.277. The maximum atomic E-state index is 5.30. The molecule has 0 unspecified atom stereocenters. The molecule has 5 heterocycles. The standard InChI is InChI=1S/C31H38N4/c1-9-20-22(11-3)30-31-23(12-4)21(10-2)29(35-31)15-27-19(8)17(6)25(33-27)13-24-16(5)18(7)26(32-24)14-28(20)34-30/h13-15,32-34H,9-12H2,1-8H3. The van der Waals surface area contributed by atoms with Crippen LogP contribution in [0.2, 0.25) is 0 Å². The van der Waals surface area contributed by atoms with Gasteiger partial charge in [-0.25, -0.2) is 4.98 Å². The Hall–Kier alpha value is -3.27. The molecule has 3 N–H and O–H groups in total. The zero-order valence-electron chi connectivity index (χ0n) is 22.5. The van der Waals surface area contributed by atoms with E-state index in [1.54, 1.807) is 0 Å². The molecule has 0 aromatic carbocycles. The molecule has 0 amide bonds. The number of aromatic nitrogens is 4. The molecule has 0 saturated heterocycles. The minimum absolute atomic E-state index is 0.974. The third-order valence-electron chi connectivity index (χ3n) is 8.23. The summed E-state index contributed by atoms with van der Waals surface area (Å²) in [5.74, 6) is 0. The number of hydrogen-bond donors (Lipinski definition) is 3. The molecule has 0 saturated carbocycles. The normalized spacial score (nSPS) is 12.9. The van der Waals surface area contributed by atoms with E-state index in [1.807, 2.05) is 0 Å².